The van der Waals surface area contributed by atoms with E-state index < -0.39 is 11.9 Å². The van der Waals surface area contributed by atoms with Crippen molar-refractivity contribution in [2.45, 2.75) is 27.7 Å². The summed E-state index contributed by atoms with van der Waals surface area (Å²) in [5, 5.41) is 0.330. The molecule has 0 fully saturated rings. The number of ether oxygens (including phenoxy) is 2. The molecule has 0 aliphatic heterocycles. The molecule has 0 heterocycles. The first-order valence-electron chi connectivity index (χ1n) is 7.05. The molecule has 0 amide bonds. The van der Waals surface area contributed by atoms with E-state index in [0.717, 1.165) is 0 Å². The predicted octanol–water partition coefficient (Wildman–Crippen LogP) is 4.73. The minimum atomic E-state index is -0.584. The van der Waals surface area contributed by atoms with Crippen LogP contribution in [0, 0.1) is 11.8 Å². The second kappa shape index (κ2) is 8.53. The molecule has 122 valence electrons. The van der Waals surface area contributed by atoms with Gasteiger partial charge < -0.3 is 9.47 Å². The fourth-order valence-electron chi connectivity index (χ4n) is 1.52. The molecule has 0 aliphatic carbocycles. The molecule has 1 aromatic rings. The third-order valence-electron chi connectivity index (χ3n) is 2.60. The molecule has 1 rings (SSSR count). The molecule has 4 nitrogen and oxygen atoms in total. The maximum atomic E-state index is 12.2. The highest BCUT2D eigenvalue weighted by atomic mass is 79.9. The summed E-state index contributed by atoms with van der Waals surface area (Å²) in [5.41, 5.74) is 0.258. The van der Waals surface area contributed by atoms with Gasteiger partial charge in [0.1, 0.15) is 0 Å². The SMILES string of the molecule is CC(C)COC(=O)c1cc(Cl)c(Br)cc1C(=O)OCC(C)C. The second-order valence-electron chi connectivity index (χ2n) is 5.80. The van der Waals surface area contributed by atoms with Crippen LogP contribution in [0.3, 0.4) is 0 Å². The van der Waals surface area contributed by atoms with Crippen molar-refractivity contribution in [1.29, 1.82) is 0 Å². The lowest BCUT2D eigenvalue weighted by molar-refractivity contribution is 0.0412. The fraction of sp³-hybridized carbons (Fsp3) is 0.500. The van der Waals surface area contributed by atoms with Crippen molar-refractivity contribution in [2.75, 3.05) is 13.2 Å². The molecule has 0 radical (unpaired) electrons. The van der Waals surface area contributed by atoms with Crippen LogP contribution in [0.2, 0.25) is 5.02 Å². The van der Waals surface area contributed by atoms with Gasteiger partial charge in [-0.3, -0.25) is 0 Å². The van der Waals surface area contributed by atoms with Gasteiger partial charge in [-0.05, 0) is 39.9 Å². The molecule has 0 saturated heterocycles. The molecule has 0 N–H and O–H groups in total. The number of benzene rings is 1. The van der Waals surface area contributed by atoms with E-state index in [1.807, 2.05) is 27.7 Å². The maximum Gasteiger partial charge on any atom is 0.339 e. The quantitative estimate of drug-likeness (QED) is 0.658. The van der Waals surface area contributed by atoms with E-state index in [2.05, 4.69) is 15.9 Å². The monoisotopic (exact) mass is 390 g/mol. The van der Waals surface area contributed by atoms with Crippen molar-refractivity contribution in [3.8, 4) is 0 Å². The van der Waals surface area contributed by atoms with Crippen molar-refractivity contribution in [3.05, 3.63) is 32.8 Å². The van der Waals surface area contributed by atoms with Gasteiger partial charge >= 0.3 is 11.9 Å². The molecule has 0 aliphatic rings. The number of rotatable bonds is 6. The van der Waals surface area contributed by atoms with E-state index in [1.165, 1.54) is 12.1 Å². The van der Waals surface area contributed by atoms with Crippen LogP contribution in [-0.4, -0.2) is 25.2 Å². The number of hydrogen-bond donors (Lipinski definition) is 0. The van der Waals surface area contributed by atoms with Gasteiger partial charge in [-0.2, -0.15) is 0 Å². The van der Waals surface area contributed by atoms with Crippen molar-refractivity contribution in [2.24, 2.45) is 11.8 Å². The van der Waals surface area contributed by atoms with Crippen LogP contribution in [-0.2, 0) is 9.47 Å². The molecule has 0 atom stereocenters. The normalized spacial score (nSPS) is 10.9. The van der Waals surface area contributed by atoms with Gasteiger partial charge in [0.05, 0.1) is 29.4 Å². The van der Waals surface area contributed by atoms with Crippen LogP contribution in [0.15, 0.2) is 16.6 Å². The number of carbonyl (C=O) groups is 2. The Bertz CT molecular complexity index is 506. The van der Waals surface area contributed by atoms with Crippen LogP contribution < -0.4 is 0 Å². The lowest BCUT2D eigenvalue weighted by Gasteiger charge is -2.13. The molecule has 22 heavy (non-hydrogen) atoms. The number of halogens is 2. The number of carbonyl (C=O) groups excluding carboxylic acids is 2. The average molecular weight is 392 g/mol. The first kappa shape index (κ1) is 19.0. The first-order valence-corrected chi connectivity index (χ1v) is 8.22. The van der Waals surface area contributed by atoms with E-state index in [0.29, 0.717) is 9.50 Å². The van der Waals surface area contributed by atoms with Gasteiger partial charge in [0.25, 0.3) is 0 Å². The van der Waals surface area contributed by atoms with Gasteiger partial charge in [0.15, 0.2) is 0 Å². The summed E-state index contributed by atoms with van der Waals surface area (Å²) < 4.78 is 10.9. The van der Waals surface area contributed by atoms with E-state index in [-0.39, 0.29) is 36.2 Å². The topological polar surface area (TPSA) is 52.6 Å². The summed E-state index contributed by atoms with van der Waals surface area (Å²) in [6, 6.07) is 2.90. The third-order valence-corrected chi connectivity index (χ3v) is 3.79. The Hall–Kier alpha value is -1.07. The molecule has 0 aromatic heterocycles. The Morgan fingerprint density at radius 2 is 1.41 bits per heavy atom. The van der Waals surface area contributed by atoms with Gasteiger partial charge in [-0.15, -0.1) is 0 Å². The summed E-state index contributed by atoms with van der Waals surface area (Å²) in [7, 11) is 0. The van der Waals surface area contributed by atoms with E-state index in [1.54, 1.807) is 0 Å². The van der Waals surface area contributed by atoms with Crippen molar-refractivity contribution < 1.29 is 19.1 Å². The largest absolute Gasteiger partial charge is 0.462 e. The van der Waals surface area contributed by atoms with Crippen LogP contribution in [0.4, 0.5) is 0 Å². The minimum absolute atomic E-state index is 0.114. The summed E-state index contributed by atoms with van der Waals surface area (Å²) in [4.78, 5) is 24.4. The smallest absolute Gasteiger partial charge is 0.339 e. The molecule has 6 heteroatoms. The van der Waals surface area contributed by atoms with Crippen molar-refractivity contribution >= 4 is 39.5 Å². The molecular weight excluding hydrogens is 372 g/mol. The highest BCUT2D eigenvalue weighted by molar-refractivity contribution is 9.10. The standard InChI is InChI=1S/C16H20BrClO4/c1-9(2)7-21-15(19)11-5-13(17)14(18)6-12(11)16(20)22-8-10(3)4/h5-6,9-10H,7-8H2,1-4H3. The third kappa shape index (κ3) is 5.61. The Labute approximate surface area is 144 Å². The van der Waals surface area contributed by atoms with Crippen LogP contribution in [0.5, 0.6) is 0 Å². The zero-order valence-corrected chi connectivity index (χ0v) is 15.5. The summed E-state index contributed by atoms with van der Waals surface area (Å²) >= 11 is 9.27. The summed E-state index contributed by atoms with van der Waals surface area (Å²) in [6.45, 7) is 8.28. The Morgan fingerprint density at radius 1 is 1.00 bits per heavy atom. The van der Waals surface area contributed by atoms with Gasteiger partial charge in [0.2, 0.25) is 0 Å². The number of esters is 2. The van der Waals surface area contributed by atoms with Crippen LogP contribution >= 0.6 is 27.5 Å². The minimum Gasteiger partial charge on any atom is -0.462 e. The van der Waals surface area contributed by atoms with E-state index in [4.69, 9.17) is 21.1 Å². The zero-order valence-electron chi connectivity index (χ0n) is 13.1. The Kier molecular flexibility index (Phi) is 7.36. The zero-order chi connectivity index (χ0) is 16.9. The lowest BCUT2D eigenvalue weighted by Crippen LogP contribution is -2.17. The molecular formula is C16H20BrClO4. The molecule has 0 unspecified atom stereocenters. The van der Waals surface area contributed by atoms with Gasteiger partial charge in [-0.1, -0.05) is 39.3 Å². The van der Waals surface area contributed by atoms with Gasteiger partial charge in [0, 0.05) is 4.47 Å². The average Bonchev–Trinajstić information content (AvgIpc) is 2.44. The van der Waals surface area contributed by atoms with Crippen LogP contribution in [0.25, 0.3) is 0 Å². The Morgan fingerprint density at radius 3 is 1.82 bits per heavy atom. The van der Waals surface area contributed by atoms with E-state index in [9.17, 15) is 9.59 Å². The van der Waals surface area contributed by atoms with Crippen LogP contribution in [0.1, 0.15) is 48.4 Å². The first-order chi connectivity index (χ1) is 10.2. The maximum absolute atomic E-state index is 12.2. The van der Waals surface area contributed by atoms with Gasteiger partial charge in [-0.25, -0.2) is 9.59 Å². The van der Waals surface area contributed by atoms with E-state index >= 15 is 0 Å². The van der Waals surface area contributed by atoms with Crippen molar-refractivity contribution in [1.82, 2.24) is 0 Å². The van der Waals surface area contributed by atoms with Crippen molar-refractivity contribution in [3.63, 3.8) is 0 Å². The molecule has 0 bridgehead atoms. The fourth-order valence-corrected chi connectivity index (χ4v) is 2.03. The highest BCUT2D eigenvalue weighted by Crippen LogP contribution is 2.27. The lowest BCUT2D eigenvalue weighted by atomic mass is 10.1. The summed E-state index contributed by atoms with van der Waals surface area (Å²) in [5.74, 6) is -0.746. The predicted molar refractivity (Wildman–Crippen MR) is 89.4 cm³/mol. The molecule has 0 saturated carbocycles. The summed E-state index contributed by atoms with van der Waals surface area (Å²) in [6.07, 6.45) is 0. The molecule has 1 aromatic carbocycles. The number of hydrogen-bond acceptors (Lipinski definition) is 4. The Balaban J connectivity index is 3.06. The molecule has 0 spiro atoms. The second-order valence-corrected chi connectivity index (χ2v) is 7.06. The highest BCUT2D eigenvalue weighted by Gasteiger charge is 2.22.